The average Bonchev–Trinajstić information content (AvgIpc) is 3.28. The first-order valence-electron chi connectivity index (χ1n) is 16.5. The van der Waals surface area contributed by atoms with E-state index in [-0.39, 0.29) is 22.3 Å². The zero-order valence-corrected chi connectivity index (χ0v) is 26.3. The van der Waals surface area contributed by atoms with Crippen LogP contribution in [0.3, 0.4) is 0 Å². The first-order chi connectivity index (χ1) is 18.2. The number of amides is 1. The lowest BCUT2D eigenvalue weighted by Crippen LogP contribution is -2.67. The van der Waals surface area contributed by atoms with Gasteiger partial charge in [0, 0.05) is 26.2 Å². The molecule has 6 aliphatic rings. The minimum atomic E-state index is -0.176. The molecule has 1 aliphatic heterocycles. The molecule has 0 aromatic heterocycles. The highest BCUT2D eigenvalue weighted by Crippen LogP contribution is 2.77. The zero-order valence-electron chi connectivity index (χ0n) is 26.3. The molecular formula is C35H58N2O2. The van der Waals surface area contributed by atoms with Crippen molar-refractivity contribution in [3.8, 4) is 0 Å². The minimum absolute atomic E-state index is 0.000761. The molecule has 6 fully saturated rings. The van der Waals surface area contributed by atoms with E-state index in [0.29, 0.717) is 46.3 Å². The highest BCUT2D eigenvalue weighted by Gasteiger charge is 2.72. The Morgan fingerprint density at radius 1 is 0.795 bits per heavy atom. The maximum absolute atomic E-state index is 14.6. The largest absolute Gasteiger partial charge is 0.393 e. The predicted molar refractivity (Wildman–Crippen MR) is 159 cm³/mol. The van der Waals surface area contributed by atoms with Crippen LogP contribution in [0, 0.1) is 56.7 Å². The van der Waals surface area contributed by atoms with Crippen molar-refractivity contribution in [3.63, 3.8) is 0 Å². The first-order valence-corrected chi connectivity index (χ1v) is 16.5. The number of carbonyl (C=O) groups is 1. The summed E-state index contributed by atoms with van der Waals surface area (Å²) < 4.78 is 0. The summed E-state index contributed by atoms with van der Waals surface area (Å²) in [7, 11) is 2.18. The molecule has 1 saturated heterocycles. The summed E-state index contributed by atoms with van der Waals surface area (Å²) in [5.41, 5.74) is 2.01. The average molecular weight is 539 g/mol. The molecule has 0 spiro atoms. The molecule has 1 N–H and O–H groups in total. The Labute approximate surface area is 239 Å². The lowest BCUT2D eigenvalue weighted by atomic mass is 9.32. The third-order valence-corrected chi connectivity index (χ3v) is 15.3. The highest BCUT2D eigenvalue weighted by molar-refractivity contribution is 5.84. The Morgan fingerprint density at radius 3 is 2.15 bits per heavy atom. The maximum atomic E-state index is 14.6. The Balaban J connectivity index is 1.37. The van der Waals surface area contributed by atoms with Gasteiger partial charge in [0.05, 0.1) is 11.5 Å². The number of likely N-dealkylation sites (N-methyl/N-ethyl adjacent to an activating group) is 1. The van der Waals surface area contributed by atoms with Gasteiger partial charge in [-0.15, -0.1) is 0 Å². The standard InChI is InChI=1S/C35H58N2O2/c1-23(2)24-11-16-35(30(39)37-21-19-36(8)20-22-37)18-17-33(6)25(29(24)35)9-10-27-32(5)14-13-28(38)31(3,4)26(32)12-15-34(27,33)7/h24-29,38H,1,9-22H2,2-8H3/t24-,25+,26-,27+,28-,29+,32-,33+,34+,35-/m0/s1. The van der Waals surface area contributed by atoms with E-state index in [0.717, 1.165) is 51.9 Å². The van der Waals surface area contributed by atoms with Crippen LogP contribution in [0.5, 0.6) is 0 Å². The van der Waals surface area contributed by atoms with Crippen LogP contribution in [0.25, 0.3) is 0 Å². The number of aliphatic hydroxyl groups excluding tert-OH is 1. The summed E-state index contributed by atoms with van der Waals surface area (Å²) >= 11 is 0. The van der Waals surface area contributed by atoms with Crippen molar-refractivity contribution in [2.24, 2.45) is 56.7 Å². The number of nitrogens with zero attached hydrogens (tertiary/aromatic N) is 2. The third-order valence-electron chi connectivity index (χ3n) is 15.3. The van der Waals surface area contributed by atoms with E-state index < -0.39 is 0 Å². The van der Waals surface area contributed by atoms with Crippen LogP contribution in [0.4, 0.5) is 0 Å². The van der Waals surface area contributed by atoms with E-state index in [1.165, 1.54) is 44.1 Å². The number of allylic oxidation sites excluding steroid dienone is 1. The fourth-order valence-electron chi connectivity index (χ4n) is 12.8. The van der Waals surface area contributed by atoms with E-state index in [2.05, 4.69) is 65.0 Å². The van der Waals surface area contributed by atoms with Gasteiger partial charge in [-0.25, -0.2) is 0 Å². The molecule has 0 aromatic rings. The van der Waals surface area contributed by atoms with Gasteiger partial charge in [-0.2, -0.15) is 0 Å². The molecule has 1 amide bonds. The second-order valence-electron chi connectivity index (χ2n) is 16.8. The second-order valence-corrected chi connectivity index (χ2v) is 16.8. The van der Waals surface area contributed by atoms with Crippen molar-refractivity contribution in [1.82, 2.24) is 9.80 Å². The fraction of sp³-hybridized carbons (Fsp3) is 0.914. The van der Waals surface area contributed by atoms with E-state index >= 15 is 0 Å². The number of hydrogen-bond donors (Lipinski definition) is 1. The number of aliphatic hydroxyl groups is 1. The Bertz CT molecular complexity index is 1010. The number of hydrogen-bond acceptors (Lipinski definition) is 3. The van der Waals surface area contributed by atoms with Crippen LogP contribution in [0.1, 0.15) is 106 Å². The number of piperazine rings is 1. The van der Waals surface area contributed by atoms with Crippen molar-refractivity contribution < 1.29 is 9.90 Å². The topological polar surface area (TPSA) is 43.8 Å². The summed E-state index contributed by atoms with van der Waals surface area (Å²) in [5, 5.41) is 11.0. The Morgan fingerprint density at radius 2 is 1.49 bits per heavy atom. The molecule has 4 heteroatoms. The molecular weight excluding hydrogens is 480 g/mol. The van der Waals surface area contributed by atoms with Crippen LogP contribution in [0.2, 0.25) is 0 Å². The summed E-state index contributed by atoms with van der Waals surface area (Å²) in [5.74, 6) is 3.36. The monoisotopic (exact) mass is 538 g/mol. The van der Waals surface area contributed by atoms with Gasteiger partial charge < -0.3 is 14.9 Å². The van der Waals surface area contributed by atoms with E-state index in [9.17, 15) is 9.90 Å². The molecule has 0 unspecified atom stereocenters. The van der Waals surface area contributed by atoms with Gasteiger partial charge in [0.1, 0.15) is 0 Å². The molecule has 39 heavy (non-hydrogen) atoms. The van der Waals surface area contributed by atoms with Gasteiger partial charge in [0.2, 0.25) is 5.91 Å². The summed E-state index contributed by atoms with van der Waals surface area (Å²) in [6.07, 6.45) is 11.6. The van der Waals surface area contributed by atoms with Gasteiger partial charge >= 0.3 is 0 Å². The summed E-state index contributed by atoms with van der Waals surface area (Å²) in [6.45, 7) is 23.3. The first kappa shape index (κ1) is 28.3. The van der Waals surface area contributed by atoms with Crippen LogP contribution in [-0.2, 0) is 4.79 Å². The van der Waals surface area contributed by atoms with E-state index in [1.54, 1.807) is 0 Å². The SMILES string of the molecule is C=C(C)[C@@H]1CC[C@]2(C(=O)N3CCN(C)CC3)CC[C@]3(C)[C@H](CC[C@@H]4[C@@]5(C)CC[C@H](O)C(C)(C)[C@@H]5CC[C@]43C)[C@@H]12. The van der Waals surface area contributed by atoms with Crippen molar-refractivity contribution in [2.75, 3.05) is 33.2 Å². The highest BCUT2D eigenvalue weighted by atomic mass is 16.3. The van der Waals surface area contributed by atoms with Crippen molar-refractivity contribution in [2.45, 2.75) is 112 Å². The van der Waals surface area contributed by atoms with Crippen LogP contribution >= 0.6 is 0 Å². The molecule has 0 radical (unpaired) electrons. The molecule has 1 heterocycles. The van der Waals surface area contributed by atoms with Crippen LogP contribution < -0.4 is 0 Å². The fourth-order valence-corrected chi connectivity index (χ4v) is 12.8. The Hall–Kier alpha value is -0.870. The van der Waals surface area contributed by atoms with Crippen LogP contribution in [-0.4, -0.2) is 60.1 Å². The molecule has 0 bridgehead atoms. The molecule has 5 saturated carbocycles. The molecule has 220 valence electrons. The molecule has 5 aliphatic carbocycles. The quantitative estimate of drug-likeness (QED) is 0.394. The lowest BCUT2D eigenvalue weighted by molar-refractivity contribution is -0.247. The maximum Gasteiger partial charge on any atom is 0.229 e. The zero-order chi connectivity index (χ0) is 28.2. The van der Waals surface area contributed by atoms with Gasteiger partial charge in [-0.05, 0) is 129 Å². The number of fused-ring (bicyclic) bond motifs is 7. The normalized spacial score (nSPS) is 51.3. The smallest absolute Gasteiger partial charge is 0.229 e. The van der Waals surface area contributed by atoms with E-state index in [1.807, 2.05) is 0 Å². The number of rotatable bonds is 2. The third kappa shape index (κ3) is 3.64. The van der Waals surface area contributed by atoms with Crippen molar-refractivity contribution in [3.05, 3.63) is 12.2 Å². The summed E-state index contributed by atoms with van der Waals surface area (Å²) in [6, 6.07) is 0. The Kier molecular flexibility index (Phi) is 6.57. The molecule has 4 nitrogen and oxygen atoms in total. The minimum Gasteiger partial charge on any atom is -0.393 e. The lowest BCUT2D eigenvalue weighted by Gasteiger charge is -2.73. The molecule has 10 atom stereocenters. The van der Waals surface area contributed by atoms with Gasteiger partial charge in [0.15, 0.2) is 0 Å². The predicted octanol–water partition coefficient (Wildman–Crippen LogP) is 6.78. The van der Waals surface area contributed by atoms with Crippen molar-refractivity contribution in [1.29, 1.82) is 0 Å². The van der Waals surface area contributed by atoms with E-state index in [4.69, 9.17) is 0 Å². The van der Waals surface area contributed by atoms with Gasteiger partial charge in [-0.1, -0.05) is 46.8 Å². The molecule has 0 aromatic carbocycles. The van der Waals surface area contributed by atoms with Gasteiger partial charge in [0.25, 0.3) is 0 Å². The second kappa shape index (κ2) is 9.06. The van der Waals surface area contributed by atoms with Crippen molar-refractivity contribution >= 4 is 5.91 Å². The summed E-state index contributed by atoms with van der Waals surface area (Å²) in [4.78, 5) is 19.2. The van der Waals surface area contributed by atoms with Gasteiger partial charge in [-0.3, -0.25) is 4.79 Å². The number of carbonyl (C=O) groups excluding carboxylic acids is 1. The molecule has 6 rings (SSSR count). The van der Waals surface area contributed by atoms with Crippen LogP contribution in [0.15, 0.2) is 12.2 Å².